The first-order valence-electron chi connectivity index (χ1n) is 7.80. The van der Waals surface area contributed by atoms with Gasteiger partial charge in [0.25, 0.3) is 0 Å². The number of nitrogens with one attached hydrogen (secondary N) is 1. The molecule has 0 aliphatic rings. The van der Waals surface area contributed by atoms with Gasteiger partial charge in [-0.15, -0.1) is 6.58 Å². The molecule has 0 aliphatic carbocycles. The summed E-state index contributed by atoms with van der Waals surface area (Å²) in [5, 5.41) is 3.52. The van der Waals surface area contributed by atoms with Gasteiger partial charge in [0, 0.05) is 41.8 Å². The zero-order valence-electron chi connectivity index (χ0n) is 14.5. The standard InChI is InChI=1S/C18H31N3/c1-8-9-21(18(5,6)7)17-10-15(4)20-13-16(17)12-19-11-14(2)3/h8,10,13-14,19H,1,9,11-12H2,2-7H3. The summed E-state index contributed by atoms with van der Waals surface area (Å²) >= 11 is 0. The van der Waals surface area contributed by atoms with Crippen molar-refractivity contribution in [1.29, 1.82) is 0 Å². The molecule has 118 valence electrons. The molecule has 0 bridgehead atoms. The molecule has 1 heterocycles. The molecule has 1 aromatic heterocycles. The number of anilines is 1. The Balaban J connectivity index is 3.06. The Labute approximate surface area is 130 Å². The van der Waals surface area contributed by atoms with Crippen molar-refractivity contribution in [3.8, 4) is 0 Å². The van der Waals surface area contributed by atoms with E-state index in [1.807, 2.05) is 19.2 Å². The molecule has 0 spiro atoms. The molecule has 1 aromatic rings. The van der Waals surface area contributed by atoms with Crippen LogP contribution in [0.15, 0.2) is 24.9 Å². The first-order valence-corrected chi connectivity index (χ1v) is 7.80. The summed E-state index contributed by atoms with van der Waals surface area (Å²) in [6, 6.07) is 2.18. The lowest BCUT2D eigenvalue weighted by Crippen LogP contribution is -2.42. The predicted molar refractivity (Wildman–Crippen MR) is 92.8 cm³/mol. The van der Waals surface area contributed by atoms with E-state index < -0.39 is 0 Å². The van der Waals surface area contributed by atoms with Gasteiger partial charge in [-0.05, 0) is 46.2 Å². The smallest absolute Gasteiger partial charge is 0.0452 e. The van der Waals surface area contributed by atoms with E-state index in [0.29, 0.717) is 5.92 Å². The minimum absolute atomic E-state index is 0.0504. The van der Waals surface area contributed by atoms with Crippen molar-refractivity contribution in [2.24, 2.45) is 5.92 Å². The van der Waals surface area contributed by atoms with Crippen LogP contribution >= 0.6 is 0 Å². The van der Waals surface area contributed by atoms with Crippen LogP contribution in [0.25, 0.3) is 0 Å². The van der Waals surface area contributed by atoms with Crippen LogP contribution in [0.3, 0.4) is 0 Å². The maximum Gasteiger partial charge on any atom is 0.0452 e. The van der Waals surface area contributed by atoms with Crippen molar-refractivity contribution in [2.45, 2.75) is 53.6 Å². The molecule has 0 aromatic carbocycles. The fourth-order valence-electron chi connectivity index (χ4n) is 2.32. The van der Waals surface area contributed by atoms with Crippen LogP contribution in [-0.2, 0) is 6.54 Å². The summed E-state index contributed by atoms with van der Waals surface area (Å²) in [6.45, 7) is 19.8. The molecule has 0 atom stereocenters. The highest BCUT2D eigenvalue weighted by atomic mass is 15.2. The van der Waals surface area contributed by atoms with Crippen LogP contribution in [-0.4, -0.2) is 23.6 Å². The minimum atomic E-state index is 0.0504. The molecule has 0 fully saturated rings. The second-order valence-corrected chi connectivity index (χ2v) is 7.05. The number of hydrogen-bond donors (Lipinski definition) is 1. The molecule has 21 heavy (non-hydrogen) atoms. The van der Waals surface area contributed by atoms with Gasteiger partial charge in [0.15, 0.2) is 0 Å². The van der Waals surface area contributed by atoms with Crippen molar-refractivity contribution >= 4 is 5.69 Å². The zero-order chi connectivity index (χ0) is 16.0. The fraction of sp³-hybridized carbons (Fsp3) is 0.611. The van der Waals surface area contributed by atoms with Crippen molar-refractivity contribution in [3.05, 3.63) is 36.2 Å². The number of aryl methyl sites for hydroxylation is 1. The molecular weight excluding hydrogens is 258 g/mol. The third-order valence-electron chi connectivity index (χ3n) is 3.38. The lowest BCUT2D eigenvalue weighted by Gasteiger charge is -2.38. The topological polar surface area (TPSA) is 28.2 Å². The number of hydrogen-bond acceptors (Lipinski definition) is 3. The first-order chi connectivity index (χ1) is 9.75. The summed E-state index contributed by atoms with van der Waals surface area (Å²) in [6.07, 6.45) is 3.96. The van der Waals surface area contributed by atoms with E-state index in [-0.39, 0.29) is 5.54 Å². The minimum Gasteiger partial charge on any atom is -0.363 e. The molecule has 3 heteroatoms. The second kappa shape index (κ2) is 7.60. The van der Waals surface area contributed by atoms with Gasteiger partial charge < -0.3 is 10.2 Å². The third-order valence-corrected chi connectivity index (χ3v) is 3.38. The maximum absolute atomic E-state index is 4.47. The van der Waals surface area contributed by atoms with Crippen molar-refractivity contribution < 1.29 is 0 Å². The SMILES string of the molecule is C=CCN(c1cc(C)ncc1CNCC(C)C)C(C)(C)C. The molecule has 0 amide bonds. The second-order valence-electron chi connectivity index (χ2n) is 7.05. The lowest BCUT2D eigenvalue weighted by molar-refractivity contribution is 0.515. The lowest BCUT2D eigenvalue weighted by atomic mass is 10.0. The molecule has 3 nitrogen and oxygen atoms in total. The van der Waals surface area contributed by atoms with Crippen LogP contribution in [0.1, 0.15) is 45.9 Å². The summed E-state index contributed by atoms with van der Waals surface area (Å²) in [5.74, 6) is 0.652. The Morgan fingerprint density at radius 2 is 2.05 bits per heavy atom. The maximum atomic E-state index is 4.47. The number of nitrogens with zero attached hydrogens (tertiary/aromatic N) is 2. The number of rotatable bonds is 7. The van der Waals surface area contributed by atoms with E-state index >= 15 is 0 Å². The van der Waals surface area contributed by atoms with Gasteiger partial charge in [0.1, 0.15) is 0 Å². The van der Waals surface area contributed by atoms with Gasteiger partial charge in [-0.3, -0.25) is 4.98 Å². The van der Waals surface area contributed by atoms with E-state index in [0.717, 1.165) is 25.3 Å². The van der Waals surface area contributed by atoms with Crippen LogP contribution in [0, 0.1) is 12.8 Å². The zero-order valence-corrected chi connectivity index (χ0v) is 14.5. The molecule has 1 N–H and O–H groups in total. The van der Waals surface area contributed by atoms with Crippen LogP contribution in [0.5, 0.6) is 0 Å². The Morgan fingerprint density at radius 1 is 1.38 bits per heavy atom. The molecule has 0 aliphatic heterocycles. The Hall–Kier alpha value is -1.35. The van der Waals surface area contributed by atoms with Crippen molar-refractivity contribution in [3.63, 3.8) is 0 Å². The van der Waals surface area contributed by atoms with Gasteiger partial charge in [-0.1, -0.05) is 19.9 Å². The Kier molecular flexibility index (Phi) is 6.41. The van der Waals surface area contributed by atoms with Crippen molar-refractivity contribution in [2.75, 3.05) is 18.0 Å². The average Bonchev–Trinajstić information content (AvgIpc) is 2.36. The van der Waals surface area contributed by atoms with Crippen LogP contribution in [0.4, 0.5) is 5.69 Å². The quantitative estimate of drug-likeness (QED) is 0.771. The third kappa shape index (κ3) is 5.50. The first kappa shape index (κ1) is 17.7. The molecule has 0 unspecified atom stereocenters. The summed E-state index contributed by atoms with van der Waals surface area (Å²) in [4.78, 5) is 6.86. The molecule has 0 saturated carbocycles. The molecular formula is C18H31N3. The van der Waals surface area contributed by atoms with Gasteiger partial charge in [-0.25, -0.2) is 0 Å². The highest BCUT2D eigenvalue weighted by molar-refractivity contribution is 5.56. The Bertz CT molecular complexity index is 458. The largest absolute Gasteiger partial charge is 0.363 e. The van der Waals surface area contributed by atoms with Crippen LogP contribution in [0.2, 0.25) is 0 Å². The van der Waals surface area contributed by atoms with Crippen LogP contribution < -0.4 is 10.2 Å². The normalized spacial score (nSPS) is 11.8. The van der Waals surface area contributed by atoms with E-state index in [9.17, 15) is 0 Å². The van der Waals surface area contributed by atoms with Gasteiger partial charge in [0.05, 0.1) is 0 Å². The predicted octanol–water partition coefficient (Wildman–Crippen LogP) is 3.93. The Morgan fingerprint density at radius 3 is 2.57 bits per heavy atom. The monoisotopic (exact) mass is 289 g/mol. The molecule has 0 radical (unpaired) electrons. The highest BCUT2D eigenvalue weighted by Gasteiger charge is 2.23. The summed E-state index contributed by atoms with van der Waals surface area (Å²) in [5.41, 5.74) is 3.61. The van der Waals surface area contributed by atoms with Gasteiger partial charge in [-0.2, -0.15) is 0 Å². The van der Waals surface area contributed by atoms with E-state index in [1.54, 1.807) is 0 Å². The molecule has 1 rings (SSSR count). The highest BCUT2D eigenvalue weighted by Crippen LogP contribution is 2.27. The van der Waals surface area contributed by atoms with Gasteiger partial charge in [0.2, 0.25) is 0 Å². The fourth-order valence-corrected chi connectivity index (χ4v) is 2.32. The number of pyridine rings is 1. The van der Waals surface area contributed by atoms with E-state index in [4.69, 9.17) is 0 Å². The van der Waals surface area contributed by atoms with E-state index in [1.165, 1.54) is 11.3 Å². The van der Waals surface area contributed by atoms with Gasteiger partial charge >= 0.3 is 0 Å². The summed E-state index contributed by atoms with van der Waals surface area (Å²) < 4.78 is 0. The van der Waals surface area contributed by atoms with E-state index in [2.05, 4.69) is 62.5 Å². The average molecular weight is 289 g/mol. The number of aromatic nitrogens is 1. The molecule has 0 saturated heterocycles. The summed E-state index contributed by atoms with van der Waals surface area (Å²) in [7, 11) is 0. The van der Waals surface area contributed by atoms with Crippen molar-refractivity contribution in [1.82, 2.24) is 10.3 Å².